The lowest BCUT2D eigenvalue weighted by atomic mass is 10.0. The predicted molar refractivity (Wildman–Crippen MR) is 109 cm³/mol. The maximum absolute atomic E-state index is 10.6. The summed E-state index contributed by atoms with van der Waals surface area (Å²) in [6.45, 7) is 2.10. The Bertz CT molecular complexity index is 551. The maximum atomic E-state index is 10.6. The third-order valence-corrected chi connectivity index (χ3v) is 4.46. The zero-order valence-corrected chi connectivity index (χ0v) is 16.6. The Balaban J connectivity index is 2.28. The fourth-order valence-electron chi connectivity index (χ4n) is 2.90. The molecule has 1 rings (SSSR count). The summed E-state index contributed by atoms with van der Waals surface area (Å²) in [5, 5.41) is 38.7. The van der Waals surface area contributed by atoms with Crippen LogP contribution in [-0.2, 0) is 9.53 Å². The van der Waals surface area contributed by atoms with Gasteiger partial charge < -0.3 is 25.2 Å². The van der Waals surface area contributed by atoms with Crippen molar-refractivity contribution in [1.82, 2.24) is 0 Å². The molecule has 0 aliphatic carbocycles. The molecule has 0 aromatic rings. The van der Waals surface area contributed by atoms with Gasteiger partial charge in [-0.2, -0.15) is 0 Å². The molecule has 6 nitrogen and oxygen atoms in total. The molecule has 1 saturated heterocycles. The molecule has 0 aromatic heterocycles. The first-order valence-corrected chi connectivity index (χ1v) is 9.98. The van der Waals surface area contributed by atoms with Gasteiger partial charge in [0.2, 0.25) is 0 Å². The van der Waals surface area contributed by atoms with Crippen LogP contribution in [-0.4, -0.2) is 56.9 Å². The highest BCUT2D eigenvalue weighted by molar-refractivity contribution is 5.66. The second-order valence-electron chi connectivity index (χ2n) is 6.92. The van der Waals surface area contributed by atoms with E-state index in [1.807, 2.05) is 12.2 Å². The van der Waals surface area contributed by atoms with E-state index in [1.165, 1.54) is 12.2 Å². The minimum absolute atomic E-state index is 0.0872. The van der Waals surface area contributed by atoms with E-state index >= 15 is 0 Å². The number of hydrogen-bond acceptors (Lipinski definition) is 5. The minimum atomic E-state index is -0.956. The molecule has 0 aromatic carbocycles. The van der Waals surface area contributed by atoms with Crippen molar-refractivity contribution in [2.75, 3.05) is 0 Å². The first kappa shape index (κ1) is 24.3. The van der Waals surface area contributed by atoms with E-state index in [2.05, 4.69) is 31.2 Å². The standard InChI is InChI=1S/C22H34O6/c1-2-3-4-5-6-7-8-9-10-11-17(23)12-13-18(24)21-16-19(25)20(28-21)14-15-22(26)27/h3-4,6-7,9-10,12-13,17-21,23-25H,2,5,8,11,14-16H2,1H3,(H,26,27)/b4-3-,7-6-,10-9-,13-12+. The zero-order chi connectivity index (χ0) is 20.8. The number of aliphatic hydroxyl groups is 3. The van der Waals surface area contributed by atoms with Crippen LogP contribution in [0.4, 0.5) is 0 Å². The number of rotatable bonds is 13. The highest BCUT2D eigenvalue weighted by Gasteiger charge is 2.36. The molecule has 1 aliphatic heterocycles. The normalized spacial score (nSPS) is 25.5. The molecule has 5 atom stereocenters. The molecular formula is C22H34O6. The Kier molecular flexibility index (Phi) is 12.4. The van der Waals surface area contributed by atoms with Gasteiger partial charge in [0.1, 0.15) is 0 Å². The SMILES string of the molecule is CC/C=C\C/C=C\C/C=C\CC(O)/C=C/C(O)C1CC(O)C(CCC(=O)O)O1. The van der Waals surface area contributed by atoms with Crippen LogP contribution in [0.1, 0.15) is 51.9 Å². The molecule has 1 aliphatic rings. The lowest BCUT2D eigenvalue weighted by Crippen LogP contribution is -2.25. The first-order chi connectivity index (χ1) is 13.4. The lowest BCUT2D eigenvalue weighted by molar-refractivity contribution is -0.138. The number of hydrogen-bond donors (Lipinski definition) is 4. The molecule has 1 fully saturated rings. The summed E-state index contributed by atoms with van der Waals surface area (Å²) in [4.78, 5) is 10.6. The smallest absolute Gasteiger partial charge is 0.303 e. The van der Waals surface area contributed by atoms with Gasteiger partial charge in [0.25, 0.3) is 0 Å². The Morgan fingerprint density at radius 1 is 1.07 bits per heavy atom. The van der Waals surface area contributed by atoms with Gasteiger partial charge in [0, 0.05) is 12.8 Å². The van der Waals surface area contributed by atoms with Gasteiger partial charge in [0.05, 0.1) is 30.5 Å². The molecule has 28 heavy (non-hydrogen) atoms. The fourth-order valence-corrected chi connectivity index (χ4v) is 2.90. The van der Waals surface area contributed by atoms with Crippen LogP contribution in [0.3, 0.4) is 0 Å². The second kappa shape index (κ2) is 14.3. The van der Waals surface area contributed by atoms with E-state index in [-0.39, 0.29) is 19.3 Å². The Morgan fingerprint density at radius 2 is 1.71 bits per heavy atom. The summed E-state index contributed by atoms with van der Waals surface area (Å²) in [6.07, 6.45) is 15.3. The van der Waals surface area contributed by atoms with E-state index in [9.17, 15) is 20.1 Å². The number of carbonyl (C=O) groups is 1. The van der Waals surface area contributed by atoms with Crippen molar-refractivity contribution < 1.29 is 30.0 Å². The van der Waals surface area contributed by atoms with Crippen molar-refractivity contribution in [3.63, 3.8) is 0 Å². The minimum Gasteiger partial charge on any atom is -0.481 e. The van der Waals surface area contributed by atoms with Crippen molar-refractivity contribution in [1.29, 1.82) is 0 Å². The lowest BCUT2D eigenvalue weighted by Gasteiger charge is -2.16. The van der Waals surface area contributed by atoms with E-state index in [1.54, 1.807) is 0 Å². The molecule has 1 heterocycles. The van der Waals surface area contributed by atoms with Crippen LogP contribution in [0.5, 0.6) is 0 Å². The summed E-state index contributed by atoms with van der Waals surface area (Å²) in [5.41, 5.74) is 0. The predicted octanol–water partition coefficient (Wildman–Crippen LogP) is 2.90. The van der Waals surface area contributed by atoms with Crippen molar-refractivity contribution in [2.24, 2.45) is 0 Å². The van der Waals surface area contributed by atoms with Crippen molar-refractivity contribution >= 4 is 5.97 Å². The summed E-state index contributed by atoms with van der Waals surface area (Å²) in [6, 6.07) is 0. The second-order valence-corrected chi connectivity index (χ2v) is 6.92. The zero-order valence-electron chi connectivity index (χ0n) is 16.6. The molecule has 0 saturated carbocycles. The van der Waals surface area contributed by atoms with Gasteiger partial charge in [0.15, 0.2) is 0 Å². The van der Waals surface area contributed by atoms with Crippen molar-refractivity contribution in [2.45, 2.75) is 82.4 Å². The van der Waals surface area contributed by atoms with Gasteiger partial charge >= 0.3 is 5.97 Å². The molecule has 0 bridgehead atoms. The number of aliphatic carboxylic acids is 1. The number of carboxylic acids is 1. The molecule has 0 amide bonds. The average molecular weight is 395 g/mol. The quantitative estimate of drug-likeness (QED) is 0.358. The highest BCUT2D eigenvalue weighted by atomic mass is 16.5. The van der Waals surface area contributed by atoms with Gasteiger partial charge in [-0.15, -0.1) is 0 Å². The fraction of sp³-hybridized carbons (Fsp3) is 0.591. The number of carboxylic acid groups (broad SMARTS) is 1. The van der Waals surface area contributed by atoms with Crippen molar-refractivity contribution in [3.8, 4) is 0 Å². The molecular weight excluding hydrogens is 360 g/mol. The van der Waals surface area contributed by atoms with Crippen LogP contribution in [0, 0.1) is 0 Å². The number of allylic oxidation sites excluding steroid dienone is 5. The van der Waals surface area contributed by atoms with Crippen LogP contribution in [0.25, 0.3) is 0 Å². The van der Waals surface area contributed by atoms with E-state index in [4.69, 9.17) is 9.84 Å². The molecule has 0 radical (unpaired) electrons. The Labute approximate surface area is 167 Å². The van der Waals surface area contributed by atoms with E-state index in [0.29, 0.717) is 6.42 Å². The van der Waals surface area contributed by atoms with Crippen LogP contribution >= 0.6 is 0 Å². The summed E-state index contributed by atoms with van der Waals surface area (Å²) in [5.74, 6) is -0.945. The molecule has 158 valence electrons. The van der Waals surface area contributed by atoms with Gasteiger partial charge in [-0.05, 0) is 32.1 Å². The molecule has 0 spiro atoms. The molecule has 6 heteroatoms. The van der Waals surface area contributed by atoms with E-state index in [0.717, 1.165) is 19.3 Å². The van der Waals surface area contributed by atoms with Gasteiger partial charge in [-0.3, -0.25) is 4.79 Å². The first-order valence-electron chi connectivity index (χ1n) is 9.98. The summed E-state index contributed by atoms with van der Waals surface area (Å²) in [7, 11) is 0. The Morgan fingerprint density at radius 3 is 2.36 bits per heavy atom. The average Bonchev–Trinajstić information content (AvgIpc) is 3.04. The molecule has 5 unspecified atom stereocenters. The topological polar surface area (TPSA) is 107 Å². The summed E-state index contributed by atoms with van der Waals surface area (Å²) >= 11 is 0. The third-order valence-electron chi connectivity index (χ3n) is 4.46. The molecule has 4 N–H and O–H groups in total. The number of ether oxygens (including phenoxy) is 1. The van der Waals surface area contributed by atoms with Crippen LogP contribution < -0.4 is 0 Å². The van der Waals surface area contributed by atoms with E-state index < -0.39 is 36.5 Å². The van der Waals surface area contributed by atoms with Gasteiger partial charge in [-0.1, -0.05) is 55.5 Å². The highest BCUT2D eigenvalue weighted by Crippen LogP contribution is 2.26. The maximum Gasteiger partial charge on any atom is 0.303 e. The van der Waals surface area contributed by atoms with Gasteiger partial charge in [-0.25, -0.2) is 0 Å². The third kappa shape index (κ3) is 10.6. The van der Waals surface area contributed by atoms with Crippen LogP contribution in [0.15, 0.2) is 48.6 Å². The largest absolute Gasteiger partial charge is 0.481 e. The van der Waals surface area contributed by atoms with Crippen LogP contribution in [0.2, 0.25) is 0 Å². The monoisotopic (exact) mass is 394 g/mol. The summed E-state index contributed by atoms with van der Waals surface area (Å²) < 4.78 is 5.56. The van der Waals surface area contributed by atoms with Crippen molar-refractivity contribution in [3.05, 3.63) is 48.6 Å². The Hall–Kier alpha value is -1.73. The number of aliphatic hydroxyl groups excluding tert-OH is 3.